The predicted molar refractivity (Wildman–Crippen MR) is 70.3 cm³/mol. The Hall–Kier alpha value is -2.37. The summed E-state index contributed by atoms with van der Waals surface area (Å²) in [6, 6.07) is 5.48. The number of aliphatic imine (C=N–C) groups is 1. The molecule has 0 radical (unpaired) electrons. The van der Waals surface area contributed by atoms with E-state index in [0.717, 1.165) is 10.9 Å². The largest absolute Gasteiger partial charge is 0.473 e. The lowest BCUT2D eigenvalue weighted by Crippen LogP contribution is -2.09. The van der Waals surface area contributed by atoms with E-state index in [0.29, 0.717) is 29.8 Å². The summed E-state index contributed by atoms with van der Waals surface area (Å²) < 4.78 is 5.42. The van der Waals surface area contributed by atoms with Crippen LogP contribution in [0.25, 0.3) is 10.9 Å². The van der Waals surface area contributed by atoms with Crippen LogP contribution in [-0.2, 0) is 4.74 Å². The van der Waals surface area contributed by atoms with Crippen LogP contribution in [0.3, 0.4) is 0 Å². The minimum atomic E-state index is 0.131. The highest BCUT2D eigenvalue weighted by atomic mass is 16.5. The van der Waals surface area contributed by atoms with Crippen LogP contribution in [0.15, 0.2) is 23.2 Å². The number of aromatic nitrogens is 2. The number of hydrogen-bond donors (Lipinski definition) is 2. The lowest BCUT2D eigenvalue weighted by atomic mass is 10.2. The Labute approximate surface area is 104 Å². The molecule has 0 amide bonds. The molecule has 2 heterocycles. The Morgan fingerprint density at radius 1 is 1.28 bits per heavy atom. The van der Waals surface area contributed by atoms with Crippen molar-refractivity contribution in [1.29, 1.82) is 0 Å². The molecular weight excluding hydrogens is 230 g/mol. The van der Waals surface area contributed by atoms with Crippen molar-refractivity contribution >= 4 is 28.3 Å². The summed E-state index contributed by atoms with van der Waals surface area (Å²) in [5.41, 5.74) is 13.0. The highest BCUT2D eigenvalue weighted by molar-refractivity contribution is 5.97. The second kappa shape index (κ2) is 3.83. The number of ether oxygens (including phenoxy) is 1. The van der Waals surface area contributed by atoms with Crippen molar-refractivity contribution in [1.82, 2.24) is 9.97 Å². The fraction of sp³-hybridized carbons (Fsp3) is 0.250. The first-order valence-corrected chi connectivity index (χ1v) is 5.67. The van der Waals surface area contributed by atoms with Gasteiger partial charge in [-0.1, -0.05) is 0 Å². The number of nitrogen functional groups attached to an aromatic ring is 2. The van der Waals surface area contributed by atoms with Gasteiger partial charge in [-0.05, 0) is 25.1 Å². The van der Waals surface area contributed by atoms with E-state index in [2.05, 4.69) is 15.0 Å². The van der Waals surface area contributed by atoms with Crippen molar-refractivity contribution in [2.75, 3.05) is 18.1 Å². The van der Waals surface area contributed by atoms with Crippen LogP contribution in [0.2, 0.25) is 0 Å². The molecule has 0 bridgehead atoms. The van der Waals surface area contributed by atoms with E-state index in [9.17, 15) is 0 Å². The summed E-state index contributed by atoms with van der Waals surface area (Å²) in [6.45, 7) is 2.52. The van der Waals surface area contributed by atoms with Crippen LogP contribution in [0, 0.1) is 0 Å². The maximum atomic E-state index is 5.91. The van der Waals surface area contributed by atoms with E-state index in [1.807, 2.05) is 13.0 Å². The van der Waals surface area contributed by atoms with Crippen molar-refractivity contribution in [3.05, 3.63) is 24.0 Å². The Morgan fingerprint density at radius 3 is 2.83 bits per heavy atom. The molecule has 92 valence electrons. The number of fused-ring (bicyclic) bond motifs is 1. The molecule has 6 heteroatoms. The molecule has 0 saturated heterocycles. The average Bonchev–Trinajstić information content (AvgIpc) is 2.77. The molecule has 2 aromatic rings. The lowest BCUT2D eigenvalue weighted by Gasteiger charge is -2.05. The summed E-state index contributed by atoms with van der Waals surface area (Å²) in [5, 5.41) is 0.741. The Bertz CT molecular complexity index is 652. The van der Waals surface area contributed by atoms with Gasteiger partial charge < -0.3 is 16.2 Å². The predicted octanol–water partition coefficient (Wildman–Crippen LogP) is 0.960. The second-order valence-electron chi connectivity index (χ2n) is 4.30. The number of hydrogen-bond acceptors (Lipinski definition) is 6. The van der Waals surface area contributed by atoms with Gasteiger partial charge in [0.05, 0.1) is 11.6 Å². The fourth-order valence-electron chi connectivity index (χ4n) is 1.86. The van der Waals surface area contributed by atoms with Gasteiger partial charge in [0.25, 0.3) is 5.90 Å². The minimum absolute atomic E-state index is 0.131. The SMILES string of the molecule is C[C@@H]1COC(c2nc(N)c3cc(N)ccc3n2)=N1. The first-order chi connectivity index (χ1) is 8.63. The Balaban J connectivity index is 2.16. The summed E-state index contributed by atoms with van der Waals surface area (Å²) in [6.07, 6.45) is 0. The zero-order valence-electron chi connectivity index (χ0n) is 9.92. The van der Waals surface area contributed by atoms with Gasteiger partial charge in [0.1, 0.15) is 12.4 Å². The Kier molecular flexibility index (Phi) is 2.29. The summed E-state index contributed by atoms with van der Waals surface area (Å²) in [5.74, 6) is 1.26. The first-order valence-electron chi connectivity index (χ1n) is 5.67. The lowest BCUT2D eigenvalue weighted by molar-refractivity contribution is 0.322. The summed E-state index contributed by atoms with van der Waals surface area (Å²) >= 11 is 0. The maximum absolute atomic E-state index is 5.91. The van der Waals surface area contributed by atoms with Crippen molar-refractivity contribution in [2.24, 2.45) is 4.99 Å². The third-order valence-electron chi connectivity index (χ3n) is 2.74. The average molecular weight is 243 g/mol. The number of anilines is 2. The number of nitrogens with two attached hydrogens (primary N) is 2. The summed E-state index contributed by atoms with van der Waals surface area (Å²) in [4.78, 5) is 12.9. The van der Waals surface area contributed by atoms with Gasteiger partial charge in [0, 0.05) is 11.1 Å². The van der Waals surface area contributed by atoms with Crippen LogP contribution in [0.5, 0.6) is 0 Å². The molecule has 1 aliphatic heterocycles. The highest BCUT2D eigenvalue weighted by Gasteiger charge is 2.19. The van der Waals surface area contributed by atoms with Gasteiger partial charge in [-0.15, -0.1) is 0 Å². The molecule has 0 unspecified atom stereocenters. The van der Waals surface area contributed by atoms with Gasteiger partial charge in [-0.25, -0.2) is 15.0 Å². The minimum Gasteiger partial charge on any atom is -0.473 e. The molecule has 1 atom stereocenters. The van der Waals surface area contributed by atoms with Crippen molar-refractivity contribution in [2.45, 2.75) is 13.0 Å². The molecule has 1 aromatic heterocycles. The van der Waals surface area contributed by atoms with Crippen molar-refractivity contribution in [3.8, 4) is 0 Å². The molecule has 0 spiro atoms. The molecular formula is C12H13N5O. The molecule has 18 heavy (non-hydrogen) atoms. The first kappa shape index (κ1) is 10.8. The topological polar surface area (TPSA) is 99.4 Å². The third-order valence-corrected chi connectivity index (χ3v) is 2.74. The van der Waals surface area contributed by atoms with Crippen molar-refractivity contribution < 1.29 is 4.74 Å². The summed E-state index contributed by atoms with van der Waals surface area (Å²) in [7, 11) is 0. The highest BCUT2D eigenvalue weighted by Crippen LogP contribution is 2.21. The van der Waals surface area contributed by atoms with Gasteiger partial charge in [-0.3, -0.25) is 0 Å². The zero-order chi connectivity index (χ0) is 12.7. The van der Waals surface area contributed by atoms with E-state index in [1.165, 1.54) is 0 Å². The quantitative estimate of drug-likeness (QED) is 0.727. The van der Waals surface area contributed by atoms with Gasteiger partial charge >= 0.3 is 0 Å². The normalized spacial score (nSPS) is 18.7. The standard InChI is InChI=1S/C12H13N5O/c1-6-5-18-12(15-6)11-16-9-3-2-7(13)4-8(9)10(14)17-11/h2-4,6H,5,13H2,1H3,(H2,14,16,17)/t6-/m1/s1. The second-order valence-corrected chi connectivity index (χ2v) is 4.30. The van der Waals surface area contributed by atoms with Crippen LogP contribution >= 0.6 is 0 Å². The van der Waals surface area contributed by atoms with Gasteiger partial charge in [0.15, 0.2) is 0 Å². The fourth-order valence-corrected chi connectivity index (χ4v) is 1.86. The van der Waals surface area contributed by atoms with Crippen LogP contribution in [0.4, 0.5) is 11.5 Å². The molecule has 0 aliphatic carbocycles. The zero-order valence-corrected chi connectivity index (χ0v) is 9.92. The van der Waals surface area contributed by atoms with Crippen LogP contribution < -0.4 is 11.5 Å². The Morgan fingerprint density at radius 2 is 2.11 bits per heavy atom. The van der Waals surface area contributed by atoms with Crippen molar-refractivity contribution in [3.63, 3.8) is 0 Å². The molecule has 1 aliphatic rings. The molecule has 3 rings (SSSR count). The smallest absolute Gasteiger partial charge is 0.255 e. The molecule has 0 fully saturated rings. The number of rotatable bonds is 1. The molecule has 0 saturated carbocycles. The van der Waals surface area contributed by atoms with Crippen LogP contribution in [0.1, 0.15) is 12.7 Å². The van der Waals surface area contributed by atoms with E-state index in [4.69, 9.17) is 16.2 Å². The molecule has 6 nitrogen and oxygen atoms in total. The third kappa shape index (κ3) is 1.71. The monoisotopic (exact) mass is 243 g/mol. The van der Waals surface area contributed by atoms with E-state index < -0.39 is 0 Å². The van der Waals surface area contributed by atoms with Gasteiger partial charge in [-0.2, -0.15) is 0 Å². The van der Waals surface area contributed by atoms with Gasteiger partial charge in [0.2, 0.25) is 5.82 Å². The van der Waals surface area contributed by atoms with E-state index in [-0.39, 0.29) is 6.04 Å². The molecule has 1 aromatic carbocycles. The molecule has 4 N–H and O–H groups in total. The van der Waals surface area contributed by atoms with E-state index in [1.54, 1.807) is 12.1 Å². The maximum Gasteiger partial charge on any atom is 0.255 e. The van der Waals surface area contributed by atoms with E-state index >= 15 is 0 Å². The van der Waals surface area contributed by atoms with Crippen LogP contribution in [-0.4, -0.2) is 28.5 Å². The number of benzene rings is 1. The number of nitrogens with zero attached hydrogens (tertiary/aromatic N) is 3.